The lowest BCUT2D eigenvalue weighted by molar-refractivity contribution is 0.111. The van der Waals surface area contributed by atoms with Crippen molar-refractivity contribution in [2.45, 2.75) is 19.8 Å². The van der Waals surface area contributed by atoms with Gasteiger partial charge in [-0.3, -0.25) is 4.90 Å². The Hall–Kier alpha value is -1.83. The lowest BCUT2D eigenvalue weighted by atomic mass is 10.1. The molecular formula is C18H25FN4O2. The summed E-state index contributed by atoms with van der Waals surface area (Å²) in [6.45, 7) is 7.76. The molecule has 1 aliphatic heterocycles. The van der Waals surface area contributed by atoms with Crippen molar-refractivity contribution in [1.82, 2.24) is 19.9 Å². The van der Waals surface area contributed by atoms with Crippen molar-refractivity contribution in [1.29, 1.82) is 0 Å². The molecule has 3 rings (SSSR count). The first-order valence-electron chi connectivity index (χ1n) is 8.80. The van der Waals surface area contributed by atoms with Gasteiger partial charge in [-0.25, -0.2) is 4.39 Å². The number of aliphatic hydroxyl groups excluding tert-OH is 1. The molecule has 0 atom stereocenters. The minimum Gasteiger partial charge on any atom is -0.395 e. The number of halogens is 1. The van der Waals surface area contributed by atoms with Crippen molar-refractivity contribution in [2.75, 3.05) is 45.9 Å². The molecule has 7 heteroatoms. The first-order chi connectivity index (χ1) is 12.2. The second-order valence-corrected chi connectivity index (χ2v) is 6.49. The van der Waals surface area contributed by atoms with Crippen LogP contribution in [0.25, 0.3) is 11.4 Å². The van der Waals surface area contributed by atoms with Crippen molar-refractivity contribution in [3.63, 3.8) is 0 Å². The van der Waals surface area contributed by atoms with E-state index in [4.69, 9.17) is 9.63 Å². The summed E-state index contributed by atoms with van der Waals surface area (Å²) < 4.78 is 18.9. The van der Waals surface area contributed by atoms with Gasteiger partial charge in [0.15, 0.2) is 0 Å². The summed E-state index contributed by atoms with van der Waals surface area (Å²) >= 11 is 0. The van der Waals surface area contributed by atoms with E-state index < -0.39 is 0 Å². The Morgan fingerprint density at radius 2 is 1.88 bits per heavy atom. The molecule has 1 fully saturated rings. The second-order valence-electron chi connectivity index (χ2n) is 6.49. The van der Waals surface area contributed by atoms with E-state index in [9.17, 15) is 4.39 Å². The van der Waals surface area contributed by atoms with Crippen LogP contribution in [0.4, 0.5) is 4.39 Å². The lowest BCUT2D eigenvalue weighted by Gasteiger charge is -2.34. The maximum atomic E-state index is 13.6. The monoisotopic (exact) mass is 348 g/mol. The van der Waals surface area contributed by atoms with Crippen LogP contribution < -0.4 is 0 Å². The molecule has 2 heterocycles. The summed E-state index contributed by atoms with van der Waals surface area (Å²) in [7, 11) is 0. The fourth-order valence-electron chi connectivity index (χ4n) is 3.04. The van der Waals surface area contributed by atoms with Crippen molar-refractivity contribution in [3.05, 3.63) is 35.5 Å². The molecule has 0 unspecified atom stereocenters. The zero-order valence-electron chi connectivity index (χ0n) is 14.6. The van der Waals surface area contributed by atoms with Crippen LogP contribution in [0.1, 0.15) is 17.9 Å². The Morgan fingerprint density at radius 3 is 2.56 bits per heavy atom. The molecular weight excluding hydrogens is 323 g/mol. The summed E-state index contributed by atoms with van der Waals surface area (Å²) in [6, 6.07) is 4.96. The molecule has 6 nitrogen and oxygen atoms in total. The maximum absolute atomic E-state index is 13.6. The molecule has 0 amide bonds. The predicted molar refractivity (Wildman–Crippen MR) is 92.7 cm³/mol. The van der Waals surface area contributed by atoms with Gasteiger partial charge < -0.3 is 14.5 Å². The van der Waals surface area contributed by atoms with Crippen molar-refractivity contribution in [3.8, 4) is 11.4 Å². The van der Waals surface area contributed by atoms with Gasteiger partial charge in [-0.2, -0.15) is 4.98 Å². The predicted octanol–water partition coefficient (Wildman–Crippen LogP) is 1.73. The number of nitrogens with zero attached hydrogens (tertiary/aromatic N) is 4. The van der Waals surface area contributed by atoms with Crippen molar-refractivity contribution >= 4 is 0 Å². The number of β-amino-alcohol motifs (C(OH)–C–C–N with tert-alkyl or cyclic N) is 1. The molecule has 0 saturated carbocycles. The van der Waals surface area contributed by atoms with Gasteiger partial charge in [0.25, 0.3) is 0 Å². The molecule has 1 aliphatic rings. The third kappa shape index (κ3) is 4.84. The van der Waals surface area contributed by atoms with Gasteiger partial charge in [-0.1, -0.05) is 17.3 Å². The van der Waals surface area contributed by atoms with Gasteiger partial charge in [0.05, 0.1) is 6.61 Å². The molecule has 1 saturated heterocycles. The molecule has 1 N–H and O–H groups in total. The van der Waals surface area contributed by atoms with Crippen LogP contribution in [0, 0.1) is 12.7 Å². The first kappa shape index (κ1) is 18.0. The first-order valence-corrected chi connectivity index (χ1v) is 8.80. The second kappa shape index (κ2) is 8.51. The summed E-state index contributed by atoms with van der Waals surface area (Å²) in [4.78, 5) is 9.07. The van der Waals surface area contributed by atoms with Crippen molar-refractivity contribution in [2.24, 2.45) is 0 Å². The normalized spacial score (nSPS) is 16.4. The number of piperazine rings is 1. The fraction of sp³-hybridized carbons (Fsp3) is 0.556. The highest BCUT2D eigenvalue weighted by atomic mass is 19.1. The van der Waals surface area contributed by atoms with Crippen LogP contribution in [-0.4, -0.2) is 70.9 Å². The van der Waals surface area contributed by atoms with Crippen molar-refractivity contribution < 1.29 is 14.0 Å². The van der Waals surface area contributed by atoms with E-state index in [0.717, 1.165) is 52.1 Å². The third-order valence-corrected chi connectivity index (χ3v) is 4.64. The quantitative estimate of drug-likeness (QED) is 0.822. The highest BCUT2D eigenvalue weighted by Crippen LogP contribution is 2.19. The van der Waals surface area contributed by atoms with E-state index in [0.29, 0.717) is 22.8 Å². The minimum absolute atomic E-state index is 0.227. The summed E-state index contributed by atoms with van der Waals surface area (Å²) in [5.74, 6) is 0.769. The van der Waals surface area contributed by atoms with Gasteiger partial charge in [0.1, 0.15) is 5.82 Å². The lowest BCUT2D eigenvalue weighted by Crippen LogP contribution is -2.47. The molecule has 1 aromatic heterocycles. The largest absolute Gasteiger partial charge is 0.395 e. The Bertz CT molecular complexity index is 683. The Labute approximate surface area is 147 Å². The number of hydrogen-bond acceptors (Lipinski definition) is 6. The summed E-state index contributed by atoms with van der Waals surface area (Å²) in [5, 5.41) is 12.9. The van der Waals surface area contributed by atoms with Crippen LogP contribution in [0.5, 0.6) is 0 Å². The van der Waals surface area contributed by atoms with Crippen LogP contribution in [-0.2, 0) is 6.42 Å². The van der Waals surface area contributed by atoms with E-state index in [-0.39, 0.29) is 12.4 Å². The standard InChI is InChI=1S/C18H25FN4O2/c1-14-4-5-15(13-16(14)19)18-20-17(25-21-18)3-2-6-22-7-9-23(10-8-22)11-12-24/h4-5,13,24H,2-3,6-12H2,1H3. The van der Waals surface area contributed by atoms with Gasteiger partial charge in [-0.05, 0) is 31.5 Å². The number of aliphatic hydroxyl groups is 1. The fourth-order valence-corrected chi connectivity index (χ4v) is 3.04. The van der Waals surface area contributed by atoms with Gasteiger partial charge in [-0.15, -0.1) is 0 Å². The van der Waals surface area contributed by atoms with Gasteiger partial charge in [0, 0.05) is 44.7 Å². The van der Waals surface area contributed by atoms with Crippen LogP contribution >= 0.6 is 0 Å². The van der Waals surface area contributed by atoms with Crippen LogP contribution in [0.2, 0.25) is 0 Å². The average Bonchev–Trinajstić information content (AvgIpc) is 3.08. The zero-order chi connectivity index (χ0) is 17.6. The highest BCUT2D eigenvalue weighted by molar-refractivity contribution is 5.54. The average molecular weight is 348 g/mol. The number of benzene rings is 1. The third-order valence-electron chi connectivity index (χ3n) is 4.64. The number of rotatable bonds is 7. The maximum Gasteiger partial charge on any atom is 0.227 e. The van der Waals surface area contributed by atoms with Gasteiger partial charge in [0.2, 0.25) is 11.7 Å². The number of hydrogen-bond donors (Lipinski definition) is 1. The van der Waals surface area contributed by atoms with E-state index in [1.54, 1.807) is 19.1 Å². The highest BCUT2D eigenvalue weighted by Gasteiger charge is 2.16. The van der Waals surface area contributed by atoms with Crippen LogP contribution in [0.3, 0.4) is 0 Å². The molecule has 136 valence electrons. The van der Waals surface area contributed by atoms with Gasteiger partial charge >= 0.3 is 0 Å². The Balaban J connectivity index is 1.45. The van der Waals surface area contributed by atoms with E-state index in [1.165, 1.54) is 6.07 Å². The van der Waals surface area contributed by atoms with Crippen LogP contribution in [0.15, 0.2) is 22.7 Å². The minimum atomic E-state index is -0.260. The molecule has 0 aliphatic carbocycles. The number of aryl methyl sites for hydroxylation is 2. The Morgan fingerprint density at radius 1 is 1.16 bits per heavy atom. The summed E-state index contributed by atoms with van der Waals surface area (Å²) in [6.07, 6.45) is 1.67. The zero-order valence-corrected chi connectivity index (χ0v) is 14.6. The molecule has 25 heavy (non-hydrogen) atoms. The Kier molecular flexibility index (Phi) is 6.12. The molecule has 2 aromatic rings. The number of aromatic nitrogens is 2. The van der Waals surface area contributed by atoms with E-state index in [2.05, 4.69) is 19.9 Å². The smallest absolute Gasteiger partial charge is 0.227 e. The topological polar surface area (TPSA) is 65.6 Å². The van der Waals surface area contributed by atoms with E-state index >= 15 is 0 Å². The SMILES string of the molecule is Cc1ccc(-c2noc(CCCN3CCN(CCO)CC3)n2)cc1F. The molecule has 0 bridgehead atoms. The molecule has 1 aromatic carbocycles. The van der Waals surface area contributed by atoms with E-state index in [1.807, 2.05) is 0 Å². The molecule has 0 spiro atoms. The molecule has 0 radical (unpaired) electrons. The summed E-state index contributed by atoms with van der Waals surface area (Å²) in [5.41, 5.74) is 1.24.